The maximum atomic E-state index is 12.6. The van der Waals surface area contributed by atoms with E-state index in [-0.39, 0.29) is 29.0 Å². The van der Waals surface area contributed by atoms with Gasteiger partial charge >= 0.3 is 0 Å². The predicted molar refractivity (Wildman–Crippen MR) is 115 cm³/mol. The highest BCUT2D eigenvalue weighted by Gasteiger charge is 2.27. The molecule has 2 aromatic heterocycles. The number of hydrogen-bond acceptors (Lipinski definition) is 9. The fourth-order valence-corrected chi connectivity index (χ4v) is 3.03. The Morgan fingerprint density at radius 3 is 2.78 bits per heavy atom. The molecule has 0 radical (unpaired) electrons. The standard InChI is InChI=1S/C20H22N8O4/c1-21-20(30)16-14(7-15(25-26-16)24-19(29)11-8-32-9-11)23-13-6-4-5-12(17(13)31-3)18-22-10-28(2)27-18/h4-7,10-11H,8-9H2,1-3H3,(H,21,30)(H2,23,24,25,29)/i1D3. The van der Waals surface area contributed by atoms with Crippen molar-refractivity contribution in [1.29, 1.82) is 0 Å². The zero-order chi connectivity index (χ0) is 25.2. The van der Waals surface area contributed by atoms with Gasteiger partial charge < -0.3 is 25.4 Å². The number of carbonyl (C=O) groups is 2. The Hall–Kier alpha value is -4.06. The van der Waals surface area contributed by atoms with Gasteiger partial charge in [-0.3, -0.25) is 14.3 Å². The van der Waals surface area contributed by atoms with Crippen LogP contribution in [0.25, 0.3) is 11.4 Å². The SMILES string of the molecule is [2H]C([2H])([2H])NC(=O)c1nnc(NC(=O)C2COC2)cc1Nc1cccc(-c2ncn(C)n2)c1OC. The van der Waals surface area contributed by atoms with Crippen molar-refractivity contribution in [2.24, 2.45) is 13.0 Å². The largest absolute Gasteiger partial charge is 0.494 e. The van der Waals surface area contributed by atoms with Gasteiger partial charge in [-0.2, -0.15) is 5.10 Å². The Balaban J connectivity index is 1.71. The van der Waals surface area contributed by atoms with E-state index in [1.54, 1.807) is 36.3 Å². The number of hydrogen-bond donors (Lipinski definition) is 3. The molecule has 166 valence electrons. The van der Waals surface area contributed by atoms with E-state index in [0.29, 0.717) is 36.0 Å². The first-order valence-electron chi connectivity index (χ1n) is 11.0. The molecule has 32 heavy (non-hydrogen) atoms. The van der Waals surface area contributed by atoms with Gasteiger partial charge in [0.25, 0.3) is 5.91 Å². The van der Waals surface area contributed by atoms with Gasteiger partial charge in [-0.15, -0.1) is 10.2 Å². The number of amides is 2. The summed E-state index contributed by atoms with van der Waals surface area (Å²) < 4.78 is 34.1. The summed E-state index contributed by atoms with van der Waals surface area (Å²) in [7, 11) is 3.20. The normalized spacial score (nSPS) is 15.0. The molecule has 12 heteroatoms. The molecule has 3 aromatic rings. The van der Waals surface area contributed by atoms with Gasteiger partial charge in [-0.25, -0.2) is 4.98 Å². The van der Waals surface area contributed by atoms with Crippen molar-refractivity contribution < 1.29 is 23.2 Å². The first kappa shape index (κ1) is 17.6. The predicted octanol–water partition coefficient (Wildman–Crippen LogP) is 0.969. The fraction of sp³-hybridized carbons (Fsp3) is 0.300. The molecule has 0 saturated carbocycles. The van der Waals surface area contributed by atoms with Crippen molar-refractivity contribution in [3.63, 3.8) is 0 Å². The average molecular weight is 441 g/mol. The second-order valence-corrected chi connectivity index (χ2v) is 6.92. The van der Waals surface area contributed by atoms with Crippen LogP contribution < -0.4 is 20.7 Å². The van der Waals surface area contributed by atoms with E-state index >= 15 is 0 Å². The molecule has 12 nitrogen and oxygen atoms in total. The highest BCUT2D eigenvalue weighted by Crippen LogP contribution is 2.37. The minimum Gasteiger partial charge on any atom is -0.494 e. The molecular formula is C20H22N8O4. The number of ether oxygens (including phenoxy) is 2. The molecule has 1 saturated heterocycles. The van der Waals surface area contributed by atoms with Gasteiger partial charge in [0.15, 0.2) is 23.1 Å². The van der Waals surface area contributed by atoms with Crippen LogP contribution in [-0.2, 0) is 16.6 Å². The number of nitrogens with one attached hydrogen (secondary N) is 3. The van der Waals surface area contributed by atoms with Gasteiger partial charge in [0, 0.05) is 24.2 Å². The van der Waals surface area contributed by atoms with Crippen LogP contribution in [0.15, 0.2) is 30.6 Å². The van der Waals surface area contributed by atoms with Crippen LogP contribution in [0.2, 0.25) is 0 Å². The maximum Gasteiger partial charge on any atom is 0.273 e. The smallest absolute Gasteiger partial charge is 0.273 e. The summed E-state index contributed by atoms with van der Waals surface area (Å²) >= 11 is 0. The van der Waals surface area contributed by atoms with E-state index in [9.17, 15) is 9.59 Å². The van der Waals surface area contributed by atoms with Gasteiger partial charge in [-0.05, 0) is 12.1 Å². The van der Waals surface area contributed by atoms with Gasteiger partial charge in [-0.1, -0.05) is 6.07 Å². The Bertz CT molecular complexity index is 1260. The molecule has 3 N–H and O–H groups in total. The summed E-state index contributed by atoms with van der Waals surface area (Å²) in [5.74, 6) is -0.749. The van der Waals surface area contributed by atoms with Crippen molar-refractivity contribution in [2.45, 2.75) is 0 Å². The van der Waals surface area contributed by atoms with E-state index in [4.69, 9.17) is 13.6 Å². The lowest BCUT2D eigenvalue weighted by Gasteiger charge is -2.24. The van der Waals surface area contributed by atoms with Crippen molar-refractivity contribution in [3.05, 3.63) is 36.3 Å². The number of anilines is 3. The third kappa shape index (κ3) is 4.21. The molecule has 1 aliphatic rings. The monoisotopic (exact) mass is 441 g/mol. The fourth-order valence-electron chi connectivity index (χ4n) is 3.03. The minimum atomic E-state index is -2.74. The molecular weight excluding hydrogens is 416 g/mol. The summed E-state index contributed by atoms with van der Waals surface area (Å²) in [6, 6.07) is 6.55. The summed E-state index contributed by atoms with van der Waals surface area (Å²) in [6.45, 7) is -2.14. The van der Waals surface area contributed by atoms with Crippen molar-refractivity contribution in [3.8, 4) is 17.1 Å². The molecule has 1 fully saturated rings. The Labute approximate surface area is 187 Å². The number of benzene rings is 1. The number of nitrogens with zero attached hydrogens (tertiary/aromatic N) is 5. The summed E-state index contributed by atoms with van der Waals surface area (Å²) in [4.78, 5) is 29.2. The van der Waals surface area contributed by atoms with Crippen LogP contribution in [0, 0.1) is 5.92 Å². The van der Waals surface area contributed by atoms with Crippen molar-refractivity contribution in [1.82, 2.24) is 30.3 Å². The van der Waals surface area contributed by atoms with Crippen LogP contribution in [-0.4, -0.2) is 64.1 Å². The number of methoxy groups -OCH3 is 1. The van der Waals surface area contributed by atoms with Crippen LogP contribution >= 0.6 is 0 Å². The lowest BCUT2D eigenvalue weighted by Crippen LogP contribution is -2.38. The first-order chi connectivity index (χ1) is 16.6. The molecule has 0 atom stereocenters. The molecule has 4 rings (SSSR count). The summed E-state index contributed by atoms with van der Waals surface area (Å²) in [5, 5.41) is 19.6. The van der Waals surface area contributed by atoms with Crippen LogP contribution in [0.4, 0.5) is 17.2 Å². The van der Waals surface area contributed by atoms with E-state index in [0.717, 1.165) is 0 Å². The maximum absolute atomic E-state index is 12.6. The molecule has 0 spiro atoms. The highest BCUT2D eigenvalue weighted by molar-refractivity contribution is 6.00. The van der Waals surface area contributed by atoms with Gasteiger partial charge in [0.05, 0.1) is 43.2 Å². The quantitative estimate of drug-likeness (QED) is 0.488. The van der Waals surface area contributed by atoms with Crippen molar-refractivity contribution in [2.75, 3.05) is 37.9 Å². The van der Waals surface area contributed by atoms with E-state index in [1.165, 1.54) is 13.2 Å². The average Bonchev–Trinajstić information content (AvgIpc) is 3.17. The lowest BCUT2D eigenvalue weighted by atomic mass is 10.1. The number of aromatic nitrogens is 5. The third-order valence-electron chi connectivity index (χ3n) is 4.71. The number of rotatable bonds is 7. The molecule has 2 amide bonds. The zero-order valence-electron chi connectivity index (χ0n) is 20.2. The van der Waals surface area contributed by atoms with Crippen molar-refractivity contribution >= 4 is 29.0 Å². The van der Waals surface area contributed by atoms with E-state index in [2.05, 4.69) is 30.9 Å². The Morgan fingerprint density at radius 1 is 1.28 bits per heavy atom. The molecule has 1 aliphatic heterocycles. The third-order valence-corrected chi connectivity index (χ3v) is 4.71. The zero-order valence-corrected chi connectivity index (χ0v) is 17.2. The van der Waals surface area contributed by atoms with Gasteiger partial charge in [0.2, 0.25) is 5.91 Å². The second-order valence-electron chi connectivity index (χ2n) is 6.92. The number of carbonyl (C=O) groups excluding carboxylic acids is 2. The number of aryl methyl sites for hydroxylation is 1. The molecule has 1 aromatic carbocycles. The van der Waals surface area contributed by atoms with E-state index in [1.807, 2.05) is 5.32 Å². The van der Waals surface area contributed by atoms with Gasteiger partial charge in [0.1, 0.15) is 6.33 Å². The second kappa shape index (κ2) is 8.98. The summed E-state index contributed by atoms with van der Waals surface area (Å²) in [6.07, 6.45) is 1.54. The van der Waals surface area contributed by atoms with Crippen LogP contribution in [0.1, 0.15) is 14.6 Å². The Morgan fingerprint density at radius 2 is 2.12 bits per heavy atom. The molecule has 3 heterocycles. The molecule has 0 unspecified atom stereocenters. The Kier molecular flexibility index (Phi) is 4.94. The number of para-hydroxylation sites is 1. The highest BCUT2D eigenvalue weighted by atomic mass is 16.5. The minimum absolute atomic E-state index is 0.0661. The first-order valence-corrected chi connectivity index (χ1v) is 9.53. The van der Waals surface area contributed by atoms with Crippen LogP contribution in [0.3, 0.4) is 0 Å². The van der Waals surface area contributed by atoms with E-state index < -0.39 is 12.9 Å². The topological polar surface area (TPSA) is 145 Å². The van der Waals surface area contributed by atoms with Crippen LogP contribution in [0.5, 0.6) is 5.75 Å². The molecule has 0 bridgehead atoms. The molecule has 0 aliphatic carbocycles. The summed E-state index contributed by atoms with van der Waals surface area (Å²) in [5.41, 5.74) is 0.783. The lowest BCUT2D eigenvalue weighted by molar-refractivity contribution is -0.133.